The second kappa shape index (κ2) is 8.42. The van der Waals surface area contributed by atoms with Crippen molar-refractivity contribution < 1.29 is 13.2 Å². The monoisotopic (exact) mass is 483 g/mol. The molecule has 3 aromatic carbocycles. The summed E-state index contributed by atoms with van der Waals surface area (Å²) in [6.45, 7) is 0.944. The normalized spacial score (nSPS) is 12.9. The molecule has 0 radical (unpaired) electrons. The van der Waals surface area contributed by atoms with Crippen molar-refractivity contribution in [3.05, 3.63) is 83.6 Å². The van der Waals surface area contributed by atoms with Crippen LogP contribution in [0.4, 0.5) is 5.95 Å². The Bertz CT molecular complexity index is 1620. The highest BCUT2D eigenvalue weighted by molar-refractivity contribution is 7.89. The number of hydrogen-bond acceptors (Lipinski definition) is 6. The number of benzene rings is 3. The summed E-state index contributed by atoms with van der Waals surface area (Å²) in [5, 5.41) is 0.482. The molecule has 0 saturated heterocycles. The third-order valence-electron chi connectivity index (χ3n) is 6.06. The Morgan fingerprint density at radius 1 is 1.03 bits per heavy atom. The molecule has 0 aliphatic carbocycles. The second-order valence-corrected chi connectivity index (χ2v) is 10.1. The van der Waals surface area contributed by atoms with Gasteiger partial charge in [0.15, 0.2) is 0 Å². The molecule has 1 aliphatic rings. The Balaban J connectivity index is 1.63. The van der Waals surface area contributed by atoms with E-state index < -0.39 is 10.0 Å². The van der Waals surface area contributed by atoms with Gasteiger partial charge < -0.3 is 10.6 Å². The van der Waals surface area contributed by atoms with E-state index >= 15 is 0 Å². The number of hydrogen-bond donors (Lipinski definition) is 1. The molecule has 2 heterocycles. The SMILES string of the molecule is C#CN(C)S(=O)(=O)c1ccccc1-c1ccc2nc(N)nc(C(=O)N3Cc4ccccc4C3)c2c1. The number of carbonyl (C=O) groups excluding carboxylic acids is 1. The van der Waals surface area contributed by atoms with E-state index in [1.807, 2.05) is 24.3 Å². The molecule has 1 amide bonds. The first-order valence-corrected chi connectivity index (χ1v) is 12.2. The fourth-order valence-corrected chi connectivity index (χ4v) is 5.40. The topological polar surface area (TPSA) is 109 Å². The fraction of sp³-hybridized carbons (Fsp3) is 0.115. The quantitative estimate of drug-likeness (QED) is 0.353. The number of aromatic nitrogens is 2. The second-order valence-electron chi connectivity index (χ2n) is 8.19. The lowest BCUT2D eigenvalue weighted by Crippen LogP contribution is -2.27. The van der Waals surface area contributed by atoms with Crippen LogP contribution >= 0.6 is 0 Å². The van der Waals surface area contributed by atoms with Gasteiger partial charge in [0.05, 0.1) is 10.4 Å². The number of sulfonamides is 1. The highest BCUT2D eigenvalue weighted by Crippen LogP contribution is 2.33. The van der Waals surface area contributed by atoms with Crippen LogP contribution in [-0.4, -0.2) is 40.5 Å². The molecule has 8 nitrogen and oxygen atoms in total. The van der Waals surface area contributed by atoms with Crippen molar-refractivity contribution >= 4 is 32.8 Å². The van der Waals surface area contributed by atoms with Crippen LogP contribution in [0.1, 0.15) is 21.6 Å². The minimum Gasteiger partial charge on any atom is -0.368 e. The van der Waals surface area contributed by atoms with Gasteiger partial charge in [0.2, 0.25) is 5.95 Å². The molecule has 1 aliphatic heterocycles. The first-order chi connectivity index (χ1) is 16.8. The van der Waals surface area contributed by atoms with Gasteiger partial charge in [-0.3, -0.25) is 4.79 Å². The Hall–Kier alpha value is -4.42. The molecule has 0 spiro atoms. The van der Waals surface area contributed by atoms with E-state index in [0.29, 0.717) is 35.1 Å². The number of terminal acetylenes is 1. The largest absolute Gasteiger partial charge is 0.368 e. The molecule has 9 heteroatoms. The number of nitrogens with two attached hydrogens (primary N) is 1. The van der Waals surface area contributed by atoms with Crippen LogP contribution in [0.25, 0.3) is 22.0 Å². The Labute approximate surface area is 203 Å². The van der Waals surface area contributed by atoms with Gasteiger partial charge in [-0.1, -0.05) is 55.0 Å². The van der Waals surface area contributed by atoms with E-state index in [1.54, 1.807) is 41.3 Å². The predicted molar refractivity (Wildman–Crippen MR) is 133 cm³/mol. The first kappa shape index (κ1) is 22.4. The summed E-state index contributed by atoms with van der Waals surface area (Å²) < 4.78 is 26.8. The standard InChI is InChI=1S/C26H21N5O3S/c1-3-30(2)35(33,34)23-11-7-6-10-20(23)17-12-13-22-21(14-17)24(29-26(27)28-22)25(32)31-15-18-8-4-5-9-19(18)16-31/h1,4-14H,15-16H2,2H3,(H2,27,28,29). The van der Waals surface area contributed by atoms with Crippen molar-refractivity contribution in [1.29, 1.82) is 0 Å². The molecular formula is C26H21N5O3S. The van der Waals surface area contributed by atoms with Gasteiger partial charge in [-0.15, -0.1) is 0 Å². The average Bonchev–Trinajstić information content (AvgIpc) is 3.31. The smallest absolute Gasteiger partial charge is 0.273 e. The molecule has 5 rings (SSSR count). The predicted octanol–water partition coefficient (Wildman–Crippen LogP) is 3.25. The van der Waals surface area contributed by atoms with Crippen molar-refractivity contribution in [2.24, 2.45) is 0 Å². The zero-order chi connectivity index (χ0) is 24.7. The average molecular weight is 484 g/mol. The van der Waals surface area contributed by atoms with Gasteiger partial charge in [-0.2, -0.15) is 0 Å². The molecule has 0 fully saturated rings. The molecule has 0 bridgehead atoms. The van der Waals surface area contributed by atoms with Crippen LogP contribution in [0.3, 0.4) is 0 Å². The lowest BCUT2D eigenvalue weighted by atomic mass is 10.0. The third-order valence-corrected chi connectivity index (χ3v) is 7.80. The van der Waals surface area contributed by atoms with E-state index in [2.05, 4.69) is 16.0 Å². The minimum atomic E-state index is -3.93. The number of amides is 1. The number of fused-ring (bicyclic) bond motifs is 2. The summed E-state index contributed by atoms with van der Waals surface area (Å²) >= 11 is 0. The molecule has 4 aromatic rings. The molecular weight excluding hydrogens is 462 g/mol. The summed E-state index contributed by atoms with van der Waals surface area (Å²) in [7, 11) is -2.61. The zero-order valence-electron chi connectivity index (χ0n) is 18.8. The Morgan fingerprint density at radius 3 is 2.37 bits per heavy atom. The van der Waals surface area contributed by atoms with Gasteiger partial charge in [-0.25, -0.2) is 22.7 Å². The summed E-state index contributed by atoms with van der Waals surface area (Å²) in [6.07, 6.45) is 5.34. The van der Waals surface area contributed by atoms with Crippen molar-refractivity contribution in [3.63, 3.8) is 0 Å². The van der Waals surface area contributed by atoms with Crippen molar-refractivity contribution in [3.8, 4) is 23.6 Å². The van der Waals surface area contributed by atoms with E-state index in [4.69, 9.17) is 12.2 Å². The molecule has 1 aromatic heterocycles. The lowest BCUT2D eigenvalue weighted by Gasteiger charge is -2.18. The first-order valence-electron chi connectivity index (χ1n) is 10.8. The number of rotatable bonds is 4. The van der Waals surface area contributed by atoms with Gasteiger partial charge in [0, 0.05) is 37.1 Å². The lowest BCUT2D eigenvalue weighted by molar-refractivity contribution is 0.0747. The maximum Gasteiger partial charge on any atom is 0.273 e. The summed E-state index contributed by atoms with van der Waals surface area (Å²) in [5.74, 6) is -0.283. The highest BCUT2D eigenvalue weighted by atomic mass is 32.2. The van der Waals surface area contributed by atoms with Crippen LogP contribution in [0, 0.1) is 12.5 Å². The Kier molecular flexibility index (Phi) is 5.38. The van der Waals surface area contributed by atoms with E-state index in [-0.39, 0.29) is 22.4 Å². The molecule has 35 heavy (non-hydrogen) atoms. The maximum atomic E-state index is 13.5. The Morgan fingerprint density at radius 2 is 1.69 bits per heavy atom. The number of nitrogens with zero attached hydrogens (tertiary/aromatic N) is 4. The van der Waals surface area contributed by atoms with Gasteiger partial charge >= 0.3 is 0 Å². The van der Waals surface area contributed by atoms with E-state index in [0.717, 1.165) is 15.4 Å². The van der Waals surface area contributed by atoms with Crippen molar-refractivity contribution in [2.45, 2.75) is 18.0 Å². The van der Waals surface area contributed by atoms with Crippen LogP contribution in [0.5, 0.6) is 0 Å². The van der Waals surface area contributed by atoms with E-state index in [9.17, 15) is 13.2 Å². The van der Waals surface area contributed by atoms with Gasteiger partial charge in [0.25, 0.3) is 15.9 Å². The van der Waals surface area contributed by atoms with Crippen LogP contribution in [0.2, 0.25) is 0 Å². The highest BCUT2D eigenvalue weighted by Gasteiger charge is 2.28. The number of carbonyl (C=O) groups is 1. The summed E-state index contributed by atoms with van der Waals surface area (Å²) in [5.41, 5.74) is 9.78. The van der Waals surface area contributed by atoms with Gasteiger partial charge in [-0.05, 0) is 34.9 Å². The molecule has 0 saturated carbocycles. The number of anilines is 1. The van der Waals surface area contributed by atoms with Crippen LogP contribution < -0.4 is 5.73 Å². The summed E-state index contributed by atoms with van der Waals surface area (Å²) in [4.78, 5) is 23.9. The van der Waals surface area contributed by atoms with Crippen molar-refractivity contribution in [2.75, 3.05) is 12.8 Å². The number of nitrogen functional groups attached to an aromatic ring is 1. The molecule has 174 valence electrons. The minimum absolute atomic E-state index is 0.0102. The summed E-state index contributed by atoms with van der Waals surface area (Å²) in [6, 6.07) is 21.7. The van der Waals surface area contributed by atoms with Crippen LogP contribution in [-0.2, 0) is 23.1 Å². The third kappa shape index (κ3) is 3.84. The van der Waals surface area contributed by atoms with Gasteiger partial charge in [0.1, 0.15) is 5.69 Å². The van der Waals surface area contributed by atoms with E-state index in [1.165, 1.54) is 13.1 Å². The zero-order valence-corrected chi connectivity index (χ0v) is 19.7. The molecule has 2 N–H and O–H groups in total. The molecule has 0 unspecified atom stereocenters. The molecule has 0 atom stereocenters. The van der Waals surface area contributed by atoms with Crippen molar-refractivity contribution in [1.82, 2.24) is 19.2 Å². The van der Waals surface area contributed by atoms with Crippen LogP contribution in [0.15, 0.2) is 71.6 Å². The maximum absolute atomic E-state index is 13.5. The fourth-order valence-electron chi connectivity index (χ4n) is 4.25.